The van der Waals surface area contributed by atoms with Crippen LogP contribution in [0.1, 0.15) is 39.7 Å². The van der Waals surface area contributed by atoms with Crippen LogP contribution in [-0.2, 0) is 11.2 Å². The molecule has 106 valence electrons. The summed E-state index contributed by atoms with van der Waals surface area (Å²) in [7, 11) is 0. The van der Waals surface area contributed by atoms with E-state index in [1.54, 1.807) is 33.2 Å². The Labute approximate surface area is 113 Å². The molecular weight excluding hydrogens is 244 g/mol. The summed E-state index contributed by atoms with van der Waals surface area (Å²) in [5.41, 5.74) is 6.13. The number of amides is 1. The van der Waals surface area contributed by atoms with Crippen molar-refractivity contribution in [3.05, 3.63) is 18.0 Å². The van der Waals surface area contributed by atoms with Crippen molar-refractivity contribution in [2.45, 2.75) is 52.2 Å². The number of hydrogen-bond donors (Lipinski definition) is 2. The fourth-order valence-corrected chi connectivity index (χ4v) is 1.34. The van der Waals surface area contributed by atoms with Gasteiger partial charge in [-0.3, -0.25) is 5.32 Å². The van der Waals surface area contributed by atoms with Crippen LogP contribution in [0.2, 0.25) is 0 Å². The molecule has 0 saturated heterocycles. The van der Waals surface area contributed by atoms with Crippen LogP contribution < -0.4 is 11.1 Å². The fourth-order valence-electron chi connectivity index (χ4n) is 1.34. The van der Waals surface area contributed by atoms with Gasteiger partial charge in [0.2, 0.25) is 5.95 Å². The third-order valence-corrected chi connectivity index (χ3v) is 2.21. The van der Waals surface area contributed by atoms with Crippen molar-refractivity contribution in [2.75, 3.05) is 5.32 Å². The summed E-state index contributed by atoms with van der Waals surface area (Å²) in [6.45, 7) is 7.35. The van der Waals surface area contributed by atoms with Gasteiger partial charge in [-0.05, 0) is 46.1 Å². The van der Waals surface area contributed by atoms with Gasteiger partial charge in [-0.15, -0.1) is 0 Å². The Kier molecular flexibility index (Phi) is 5.23. The van der Waals surface area contributed by atoms with Crippen LogP contribution in [0.3, 0.4) is 0 Å². The number of carbonyl (C=O) groups excluding carboxylic acids is 1. The first-order chi connectivity index (χ1) is 8.76. The smallest absolute Gasteiger partial charge is 0.414 e. The Hall–Kier alpha value is -1.69. The van der Waals surface area contributed by atoms with E-state index in [1.807, 2.05) is 6.92 Å². The van der Waals surface area contributed by atoms with Crippen molar-refractivity contribution in [2.24, 2.45) is 5.73 Å². The highest BCUT2D eigenvalue weighted by molar-refractivity contribution is 5.82. The van der Waals surface area contributed by atoms with Crippen molar-refractivity contribution in [1.29, 1.82) is 0 Å². The lowest BCUT2D eigenvalue weighted by Gasteiger charge is -2.19. The Balaban J connectivity index is 2.50. The minimum atomic E-state index is -0.559. The number of rotatable bonds is 4. The molecule has 1 rings (SSSR count). The molecule has 1 amide bonds. The average molecular weight is 266 g/mol. The van der Waals surface area contributed by atoms with Gasteiger partial charge in [-0.2, -0.15) is 0 Å². The monoisotopic (exact) mass is 266 g/mol. The van der Waals surface area contributed by atoms with E-state index in [0.29, 0.717) is 0 Å². The van der Waals surface area contributed by atoms with Gasteiger partial charge in [-0.1, -0.05) is 0 Å². The summed E-state index contributed by atoms with van der Waals surface area (Å²) in [5, 5.41) is 2.48. The quantitative estimate of drug-likeness (QED) is 0.871. The summed E-state index contributed by atoms with van der Waals surface area (Å²) >= 11 is 0. The van der Waals surface area contributed by atoms with Gasteiger partial charge >= 0.3 is 6.09 Å². The first-order valence-electron chi connectivity index (χ1n) is 6.33. The second-order valence-corrected chi connectivity index (χ2v) is 5.56. The molecule has 1 aromatic rings. The normalized spacial score (nSPS) is 12.9. The lowest BCUT2D eigenvalue weighted by molar-refractivity contribution is 0.0634. The SMILES string of the molecule is CC(N)CCc1cnc(NC(=O)OC(C)(C)C)nc1. The van der Waals surface area contributed by atoms with Crippen LogP contribution in [0.25, 0.3) is 0 Å². The van der Waals surface area contributed by atoms with Crippen molar-refractivity contribution in [3.63, 3.8) is 0 Å². The molecule has 0 fully saturated rings. The van der Waals surface area contributed by atoms with E-state index in [0.717, 1.165) is 18.4 Å². The van der Waals surface area contributed by atoms with E-state index in [4.69, 9.17) is 10.5 Å². The minimum absolute atomic E-state index is 0.152. The van der Waals surface area contributed by atoms with Crippen LogP contribution in [0.15, 0.2) is 12.4 Å². The summed E-state index contributed by atoms with van der Waals surface area (Å²) in [5.74, 6) is 0.235. The number of aryl methyl sites for hydroxylation is 1. The largest absolute Gasteiger partial charge is 0.444 e. The van der Waals surface area contributed by atoms with Gasteiger partial charge in [0.1, 0.15) is 5.60 Å². The molecule has 0 radical (unpaired) electrons. The lowest BCUT2D eigenvalue weighted by Crippen LogP contribution is -2.27. The van der Waals surface area contributed by atoms with Crippen LogP contribution >= 0.6 is 0 Å². The predicted octanol–water partition coefficient (Wildman–Crippen LogP) is 2.10. The molecule has 0 aromatic carbocycles. The van der Waals surface area contributed by atoms with Crippen molar-refractivity contribution >= 4 is 12.0 Å². The third kappa shape index (κ3) is 6.71. The number of nitrogens with zero attached hydrogens (tertiary/aromatic N) is 2. The molecule has 0 aliphatic carbocycles. The molecule has 1 atom stereocenters. The van der Waals surface area contributed by atoms with E-state index >= 15 is 0 Å². The molecule has 1 aromatic heterocycles. The molecule has 0 bridgehead atoms. The maximum absolute atomic E-state index is 11.5. The van der Waals surface area contributed by atoms with Gasteiger partial charge in [0.15, 0.2) is 0 Å². The van der Waals surface area contributed by atoms with Crippen molar-refractivity contribution in [1.82, 2.24) is 9.97 Å². The van der Waals surface area contributed by atoms with Gasteiger partial charge in [0, 0.05) is 18.4 Å². The standard InChI is InChI=1S/C13H22N4O2/c1-9(14)5-6-10-7-15-11(16-8-10)17-12(18)19-13(2,3)4/h7-9H,5-6,14H2,1-4H3,(H,15,16,17,18). The zero-order valence-corrected chi connectivity index (χ0v) is 11.9. The molecule has 0 saturated carbocycles. The topological polar surface area (TPSA) is 90.1 Å². The number of anilines is 1. The molecule has 3 N–H and O–H groups in total. The zero-order chi connectivity index (χ0) is 14.5. The van der Waals surface area contributed by atoms with E-state index in [-0.39, 0.29) is 12.0 Å². The first-order valence-corrected chi connectivity index (χ1v) is 6.33. The van der Waals surface area contributed by atoms with Crippen molar-refractivity contribution in [3.8, 4) is 0 Å². The summed E-state index contributed by atoms with van der Waals surface area (Å²) in [6.07, 6.45) is 4.51. The van der Waals surface area contributed by atoms with E-state index in [2.05, 4.69) is 15.3 Å². The maximum Gasteiger partial charge on any atom is 0.414 e. The number of nitrogens with one attached hydrogen (secondary N) is 1. The molecule has 1 heterocycles. The van der Waals surface area contributed by atoms with Gasteiger partial charge < -0.3 is 10.5 Å². The maximum atomic E-state index is 11.5. The number of nitrogens with two attached hydrogens (primary N) is 1. The highest BCUT2D eigenvalue weighted by Crippen LogP contribution is 2.09. The summed E-state index contributed by atoms with van der Waals surface area (Å²) in [4.78, 5) is 19.6. The second-order valence-electron chi connectivity index (χ2n) is 5.56. The number of carbonyl (C=O) groups is 1. The first kappa shape index (κ1) is 15.4. The highest BCUT2D eigenvalue weighted by Gasteiger charge is 2.16. The number of ether oxygens (including phenoxy) is 1. The molecule has 6 heteroatoms. The fraction of sp³-hybridized carbons (Fsp3) is 0.615. The molecule has 1 unspecified atom stereocenters. The molecular formula is C13H22N4O2. The van der Waals surface area contributed by atoms with Crippen LogP contribution in [0, 0.1) is 0 Å². The minimum Gasteiger partial charge on any atom is -0.444 e. The number of hydrogen-bond acceptors (Lipinski definition) is 5. The summed E-state index contributed by atoms with van der Waals surface area (Å²) < 4.78 is 5.10. The molecule has 6 nitrogen and oxygen atoms in total. The average Bonchev–Trinajstić information content (AvgIpc) is 2.25. The number of aromatic nitrogens is 2. The lowest BCUT2D eigenvalue weighted by atomic mass is 10.1. The zero-order valence-electron chi connectivity index (χ0n) is 11.9. The third-order valence-electron chi connectivity index (χ3n) is 2.21. The molecule has 19 heavy (non-hydrogen) atoms. The molecule has 0 spiro atoms. The van der Waals surface area contributed by atoms with Gasteiger partial charge in [0.05, 0.1) is 0 Å². The predicted molar refractivity (Wildman–Crippen MR) is 73.9 cm³/mol. The van der Waals surface area contributed by atoms with Crippen LogP contribution in [0.5, 0.6) is 0 Å². The Morgan fingerprint density at radius 1 is 1.42 bits per heavy atom. The highest BCUT2D eigenvalue weighted by atomic mass is 16.6. The second kappa shape index (κ2) is 6.47. The van der Waals surface area contributed by atoms with E-state index < -0.39 is 11.7 Å². The Morgan fingerprint density at radius 3 is 2.47 bits per heavy atom. The molecule has 0 aliphatic rings. The Bertz CT molecular complexity index is 410. The van der Waals surface area contributed by atoms with E-state index in [1.165, 1.54) is 0 Å². The summed E-state index contributed by atoms with van der Waals surface area (Å²) in [6, 6.07) is 0.152. The Morgan fingerprint density at radius 2 is 2.00 bits per heavy atom. The van der Waals surface area contributed by atoms with E-state index in [9.17, 15) is 4.79 Å². The molecule has 0 aliphatic heterocycles. The van der Waals surface area contributed by atoms with Crippen LogP contribution in [-0.4, -0.2) is 27.7 Å². The van der Waals surface area contributed by atoms with Gasteiger partial charge in [-0.25, -0.2) is 14.8 Å². The van der Waals surface area contributed by atoms with Gasteiger partial charge in [0.25, 0.3) is 0 Å². The van der Waals surface area contributed by atoms with Crippen molar-refractivity contribution < 1.29 is 9.53 Å². The van der Waals surface area contributed by atoms with Crippen LogP contribution in [0.4, 0.5) is 10.7 Å².